The summed E-state index contributed by atoms with van der Waals surface area (Å²) in [6, 6.07) is 3.07. The molecular weight excluding hydrogens is 307 g/mol. The fraction of sp³-hybridized carbons (Fsp3) is 0.417. The Morgan fingerprint density at radius 3 is 2.81 bits per heavy atom. The molecule has 0 bridgehead atoms. The van der Waals surface area contributed by atoms with E-state index in [1.54, 1.807) is 13.0 Å². The normalized spacial score (nSPS) is 11.6. The second-order valence-corrected chi connectivity index (χ2v) is 5.01. The van der Waals surface area contributed by atoms with Gasteiger partial charge in [0.05, 0.1) is 18.5 Å². The Labute approximate surface area is 122 Å². The van der Waals surface area contributed by atoms with Gasteiger partial charge >= 0.3 is 6.18 Å². The van der Waals surface area contributed by atoms with Crippen molar-refractivity contribution in [3.8, 4) is 0 Å². The fourth-order valence-corrected chi connectivity index (χ4v) is 2.47. The van der Waals surface area contributed by atoms with Crippen LogP contribution >= 0.6 is 11.5 Å². The van der Waals surface area contributed by atoms with Gasteiger partial charge in [0, 0.05) is 0 Å². The number of rotatable bonds is 5. The molecule has 2 heterocycles. The Kier molecular flexibility index (Phi) is 4.61. The number of amides is 1. The number of aromatic nitrogens is 2. The van der Waals surface area contributed by atoms with Gasteiger partial charge in [-0.15, -0.1) is 5.10 Å². The number of carbonyl (C=O) groups is 1. The molecule has 0 atom stereocenters. The second-order valence-electron chi connectivity index (χ2n) is 4.26. The van der Waals surface area contributed by atoms with Crippen LogP contribution in [-0.4, -0.2) is 33.1 Å². The minimum absolute atomic E-state index is 0.133. The molecule has 0 fully saturated rings. The quantitative estimate of drug-likeness (QED) is 0.850. The summed E-state index contributed by atoms with van der Waals surface area (Å²) < 4.78 is 46.6. The third-order valence-corrected chi connectivity index (χ3v) is 3.43. The zero-order valence-electron chi connectivity index (χ0n) is 11.1. The van der Waals surface area contributed by atoms with E-state index < -0.39 is 18.6 Å². The highest BCUT2D eigenvalue weighted by Gasteiger charge is 2.35. The monoisotopic (exact) mass is 319 g/mol. The van der Waals surface area contributed by atoms with E-state index >= 15 is 0 Å². The van der Waals surface area contributed by atoms with E-state index in [0.29, 0.717) is 17.0 Å². The van der Waals surface area contributed by atoms with Crippen molar-refractivity contribution >= 4 is 17.4 Å². The lowest BCUT2D eigenvalue weighted by molar-refractivity contribution is -0.142. The van der Waals surface area contributed by atoms with Crippen molar-refractivity contribution in [1.29, 1.82) is 0 Å². The van der Waals surface area contributed by atoms with Gasteiger partial charge < -0.3 is 9.32 Å². The van der Waals surface area contributed by atoms with Crippen LogP contribution in [0.4, 0.5) is 13.2 Å². The molecule has 1 amide bonds. The van der Waals surface area contributed by atoms with Gasteiger partial charge in [0.15, 0.2) is 0 Å². The first kappa shape index (κ1) is 15.5. The fourth-order valence-electron chi connectivity index (χ4n) is 1.75. The van der Waals surface area contributed by atoms with Crippen LogP contribution in [0.25, 0.3) is 0 Å². The summed E-state index contributed by atoms with van der Waals surface area (Å²) in [7, 11) is 0. The molecule has 2 aromatic heterocycles. The van der Waals surface area contributed by atoms with Crippen LogP contribution in [0.1, 0.15) is 28.0 Å². The van der Waals surface area contributed by atoms with Crippen molar-refractivity contribution in [2.24, 2.45) is 0 Å². The molecule has 0 N–H and O–H groups in total. The zero-order chi connectivity index (χ0) is 15.5. The molecule has 0 spiro atoms. The molecule has 2 rings (SSSR count). The first-order chi connectivity index (χ1) is 9.90. The lowest BCUT2D eigenvalue weighted by Crippen LogP contribution is -2.38. The summed E-state index contributed by atoms with van der Waals surface area (Å²) in [6.07, 6.45) is -2.72. The van der Waals surface area contributed by atoms with Gasteiger partial charge in [0.1, 0.15) is 17.2 Å². The van der Waals surface area contributed by atoms with E-state index in [-0.39, 0.29) is 17.2 Å². The van der Waals surface area contributed by atoms with Crippen LogP contribution in [0, 0.1) is 0 Å². The molecule has 9 heteroatoms. The highest BCUT2D eigenvalue weighted by Crippen LogP contribution is 2.22. The molecule has 0 radical (unpaired) electrons. The summed E-state index contributed by atoms with van der Waals surface area (Å²) in [4.78, 5) is 13.1. The molecular formula is C12H12F3N3O2S. The molecule has 0 aliphatic rings. The molecule has 21 heavy (non-hydrogen) atoms. The minimum atomic E-state index is -4.49. The molecule has 2 aromatic rings. The summed E-state index contributed by atoms with van der Waals surface area (Å²) in [5, 5.41) is 3.75. The lowest BCUT2D eigenvalue weighted by atomic mass is 10.2. The number of aryl methyl sites for hydroxylation is 1. The third kappa shape index (κ3) is 4.03. The maximum absolute atomic E-state index is 12.7. The van der Waals surface area contributed by atoms with Crippen molar-refractivity contribution in [3.63, 3.8) is 0 Å². The van der Waals surface area contributed by atoms with Crippen molar-refractivity contribution in [1.82, 2.24) is 14.5 Å². The predicted octanol–water partition coefficient (Wildman–Crippen LogP) is 2.90. The second kappa shape index (κ2) is 6.25. The van der Waals surface area contributed by atoms with Gasteiger partial charge in [0.2, 0.25) is 0 Å². The van der Waals surface area contributed by atoms with Gasteiger partial charge in [-0.1, -0.05) is 11.4 Å². The molecule has 0 aromatic carbocycles. The number of alkyl halides is 3. The van der Waals surface area contributed by atoms with Crippen LogP contribution in [0.15, 0.2) is 22.8 Å². The number of carbonyl (C=O) groups excluding carboxylic acids is 1. The SMILES string of the molecule is CCc1nnsc1C(=O)N(Cc1ccco1)CC(F)(F)F. The van der Waals surface area contributed by atoms with Crippen LogP contribution in [0.2, 0.25) is 0 Å². The number of nitrogens with zero attached hydrogens (tertiary/aromatic N) is 3. The topological polar surface area (TPSA) is 59.2 Å². The average molecular weight is 319 g/mol. The Hall–Kier alpha value is -1.90. The van der Waals surface area contributed by atoms with E-state index in [0.717, 1.165) is 11.5 Å². The van der Waals surface area contributed by atoms with Crippen LogP contribution in [0.3, 0.4) is 0 Å². The van der Waals surface area contributed by atoms with E-state index in [2.05, 4.69) is 9.59 Å². The van der Waals surface area contributed by atoms with Gasteiger partial charge in [-0.05, 0) is 30.1 Å². The standard InChI is InChI=1S/C12H12F3N3O2S/c1-2-9-10(21-17-16-9)11(19)18(7-12(13,14)15)6-8-4-3-5-20-8/h3-5H,2,6-7H2,1H3. The van der Waals surface area contributed by atoms with Gasteiger partial charge in [0.25, 0.3) is 5.91 Å². The molecule has 0 aliphatic carbocycles. The molecule has 114 valence electrons. The Bertz CT molecular complexity index is 595. The van der Waals surface area contributed by atoms with Crippen molar-refractivity contribution in [2.75, 3.05) is 6.54 Å². The molecule has 0 saturated carbocycles. The summed E-state index contributed by atoms with van der Waals surface area (Å²) in [5.41, 5.74) is 0.400. The van der Waals surface area contributed by atoms with E-state index in [1.807, 2.05) is 0 Å². The Morgan fingerprint density at radius 1 is 1.48 bits per heavy atom. The van der Waals surface area contributed by atoms with Crippen molar-refractivity contribution < 1.29 is 22.4 Å². The number of hydrogen-bond acceptors (Lipinski definition) is 5. The number of hydrogen-bond donors (Lipinski definition) is 0. The van der Waals surface area contributed by atoms with Crippen molar-refractivity contribution in [3.05, 3.63) is 34.7 Å². The highest BCUT2D eigenvalue weighted by molar-refractivity contribution is 7.07. The van der Waals surface area contributed by atoms with Crippen LogP contribution < -0.4 is 0 Å². The molecule has 0 saturated heterocycles. The Balaban J connectivity index is 2.23. The highest BCUT2D eigenvalue weighted by atomic mass is 32.1. The number of furan rings is 1. The predicted molar refractivity (Wildman–Crippen MR) is 68.8 cm³/mol. The summed E-state index contributed by atoms with van der Waals surface area (Å²) in [6.45, 7) is 0.147. The minimum Gasteiger partial charge on any atom is -0.467 e. The molecule has 0 aliphatic heterocycles. The van der Waals surface area contributed by atoms with E-state index in [1.165, 1.54) is 12.3 Å². The molecule has 5 nitrogen and oxygen atoms in total. The smallest absolute Gasteiger partial charge is 0.406 e. The van der Waals surface area contributed by atoms with Crippen molar-refractivity contribution in [2.45, 2.75) is 26.1 Å². The van der Waals surface area contributed by atoms with Crippen LogP contribution in [0.5, 0.6) is 0 Å². The van der Waals surface area contributed by atoms with E-state index in [4.69, 9.17) is 4.42 Å². The summed E-state index contributed by atoms with van der Waals surface area (Å²) >= 11 is 0.799. The maximum atomic E-state index is 12.7. The largest absolute Gasteiger partial charge is 0.467 e. The first-order valence-corrected chi connectivity index (χ1v) is 6.87. The lowest BCUT2D eigenvalue weighted by Gasteiger charge is -2.22. The Morgan fingerprint density at radius 2 is 2.24 bits per heavy atom. The third-order valence-electron chi connectivity index (χ3n) is 2.67. The van der Waals surface area contributed by atoms with Gasteiger partial charge in [-0.2, -0.15) is 13.2 Å². The first-order valence-electron chi connectivity index (χ1n) is 6.10. The average Bonchev–Trinajstić information content (AvgIpc) is 3.05. The van der Waals surface area contributed by atoms with Gasteiger partial charge in [-0.3, -0.25) is 4.79 Å². The number of halogens is 3. The maximum Gasteiger partial charge on any atom is 0.406 e. The summed E-state index contributed by atoms with van der Waals surface area (Å²) in [5.74, 6) is -0.460. The van der Waals surface area contributed by atoms with Gasteiger partial charge in [-0.25, -0.2) is 0 Å². The molecule has 0 unspecified atom stereocenters. The van der Waals surface area contributed by atoms with Crippen LogP contribution in [-0.2, 0) is 13.0 Å². The van der Waals surface area contributed by atoms with E-state index in [9.17, 15) is 18.0 Å². The zero-order valence-corrected chi connectivity index (χ0v) is 11.9.